The molecule has 16 heavy (non-hydrogen) atoms. The SMILES string of the molecule is OC1(COCCC2CCCNC2)CCCC1. The lowest BCUT2D eigenvalue weighted by molar-refractivity contribution is -0.0441. The molecule has 2 N–H and O–H groups in total. The molecule has 1 atom stereocenters. The van der Waals surface area contributed by atoms with Crippen molar-refractivity contribution in [3.8, 4) is 0 Å². The number of nitrogens with one attached hydrogen (secondary N) is 1. The zero-order valence-corrected chi connectivity index (χ0v) is 10.2. The molecule has 1 saturated heterocycles. The van der Waals surface area contributed by atoms with E-state index < -0.39 is 5.60 Å². The van der Waals surface area contributed by atoms with Crippen molar-refractivity contribution in [2.75, 3.05) is 26.3 Å². The Labute approximate surface area is 98.6 Å². The van der Waals surface area contributed by atoms with Gasteiger partial charge >= 0.3 is 0 Å². The van der Waals surface area contributed by atoms with E-state index >= 15 is 0 Å². The van der Waals surface area contributed by atoms with Gasteiger partial charge in [0.25, 0.3) is 0 Å². The van der Waals surface area contributed by atoms with Gasteiger partial charge in [-0.15, -0.1) is 0 Å². The number of rotatable bonds is 5. The molecular formula is C13H25NO2. The predicted molar refractivity (Wildman–Crippen MR) is 64.4 cm³/mol. The average molecular weight is 227 g/mol. The van der Waals surface area contributed by atoms with Crippen LogP contribution in [0.2, 0.25) is 0 Å². The molecule has 1 saturated carbocycles. The van der Waals surface area contributed by atoms with Crippen molar-refractivity contribution in [3.05, 3.63) is 0 Å². The van der Waals surface area contributed by atoms with Crippen LogP contribution in [0.1, 0.15) is 44.9 Å². The van der Waals surface area contributed by atoms with E-state index in [0.717, 1.165) is 51.2 Å². The van der Waals surface area contributed by atoms with Gasteiger partial charge in [0.1, 0.15) is 0 Å². The molecule has 2 fully saturated rings. The fourth-order valence-electron chi connectivity index (χ4n) is 2.86. The molecule has 0 spiro atoms. The monoisotopic (exact) mass is 227 g/mol. The van der Waals surface area contributed by atoms with Crippen molar-refractivity contribution < 1.29 is 9.84 Å². The first-order valence-corrected chi connectivity index (χ1v) is 6.79. The van der Waals surface area contributed by atoms with Crippen LogP contribution in [-0.2, 0) is 4.74 Å². The smallest absolute Gasteiger partial charge is 0.0880 e. The molecule has 1 aliphatic heterocycles. The van der Waals surface area contributed by atoms with Crippen LogP contribution >= 0.6 is 0 Å². The normalized spacial score (nSPS) is 29.4. The lowest BCUT2D eigenvalue weighted by Crippen LogP contribution is -2.32. The molecule has 0 aromatic rings. The summed E-state index contributed by atoms with van der Waals surface area (Å²) in [5.41, 5.74) is -0.495. The largest absolute Gasteiger partial charge is 0.387 e. The maximum Gasteiger partial charge on any atom is 0.0880 e. The Morgan fingerprint density at radius 2 is 2.06 bits per heavy atom. The maximum atomic E-state index is 10.1. The molecule has 0 aromatic heterocycles. The molecule has 2 rings (SSSR count). The van der Waals surface area contributed by atoms with E-state index in [9.17, 15) is 5.11 Å². The summed E-state index contributed by atoms with van der Waals surface area (Å²) in [6.07, 6.45) is 7.95. The highest BCUT2D eigenvalue weighted by Gasteiger charge is 2.31. The molecule has 1 aliphatic carbocycles. The van der Waals surface area contributed by atoms with Gasteiger partial charge in [-0.05, 0) is 51.1 Å². The van der Waals surface area contributed by atoms with Gasteiger partial charge < -0.3 is 15.2 Å². The number of hydrogen-bond donors (Lipinski definition) is 2. The zero-order chi connectivity index (χ0) is 11.3. The van der Waals surface area contributed by atoms with E-state index in [1.165, 1.54) is 19.4 Å². The predicted octanol–water partition coefficient (Wildman–Crippen LogP) is 1.70. The van der Waals surface area contributed by atoms with Crippen molar-refractivity contribution in [1.29, 1.82) is 0 Å². The van der Waals surface area contributed by atoms with Gasteiger partial charge in [-0.25, -0.2) is 0 Å². The molecule has 0 amide bonds. The first-order chi connectivity index (χ1) is 7.79. The van der Waals surface area contributed by atoms with E-state index in [-0.39, 0.29) is 0 Å². The maximum absolute atomic E-state index is 10.1. The Kier molecular flexibility index (Phi) is 4.62. The van der Waals surface area contributed by atoms with Gasteiger partial charge in [-0.3, -0.25) is 0 Å². The van der Waals surface area contributed by atoms with Gasteiger partial charge in [0.05, 0.1) is 12.2 Å². The second-order valence-corrected chi connectivity index (χ2v) is 5.49. The van der Waals surface area contributed by atoms with Crippen LogP contribution in [-0.4, -0.2) is 37.0 Å². The first-order valence-electron chi connectivity index (χ1n) is 6.79. The topological polar surface area (TPSA) is 41.5 Å². The highest BCUT2D eigenvalue weighted by molar-refractivity contribution is 4.83. The molecular weight excluding hydrogens is 202 g/mol. The summed E-state index contributed by atoms with van der Waals surface area (Å²) in [6.45, 7) is 3.69. The van der Waals surface area contributed by atoms with Crippen LogP contribution < -0.4 is 5.32 Å². The van der Waals surface area contributed by atoms with Crippen molar-refractivity contribution in [2.45, 2.75) is 50.5 Å². The third-order valence-corrected chi connectivity index (χ3v) is 3.97. The van der Waals surface area contributed by atoms with E-state index in [1.807, 2.05) is 0 Å². The summed E-state index contributed by atoms with van der Waals surface area (Å²) in [4.78, 5) is 0. The average Bonchev–Trinajstić information content (AvgIpc) is 2.74. The van der Waals surface area contributed by atoms with Gasteiger partial charge in [-0.1, -0.05) is 12.8 Å². The molecule has 3 nitrogen and oxygen atoms in total. The third-order valence-electron chi connectivity index (χ3n) is 3.97. The number of piperidine rings is 1. The Hall–Kier alpha value is -0.120. The minimum atomic E-state index is -0.495. The number of aliphatic hydroxyl groups is 1. The van der Waals surface area contributed by atoms with E-state index in [4.69, 9.17) is 4.74 Å². The Morgan fingerprint density at radius 1 is 1.25 bits per heavy atom. The van der Waals surface area contributed by atoms with Gasteiger partial charge in [-0.2, -0.15) is 0 Å². The number of hydrogen-bond acceptors (Lipinski definition) is 3. The van der Waals surface area contributed by atoms with Crippen molar-refractivity contribution in [1.82, 2.24) is 5.32 Å². The number of ether oxygens (including phenoxy) is 1. The molecule has 94 valence electrons. The standard InChI is InChI=1S/C13H25NO2/c15-13(6-1-2-7-13)11-16-9-5-12-4-3-8-14-10-12/h12,14-15H,1-11H2. The summed E-state index contributed by atoms with van der Waals surface area (Å²) in [7, 11) is 0. The fraction of sp³-hybridized carbons (Fsp3) is 1.00. The van der Waals surface area contributed by atoms with Gasteiger partial charge in [0.15, 0.2) is 0 Å². The van der Waals surface area contributed by atoms with E-state index in [0.29, 0.717) is 6.61 Å². The molecule has 3 heteroatoms. The van der Waals surface area contributed by atoms with Gasteiger partial charge in [0, 0.05) is 6.61 Å². The zero-order valence-electron chi connectivity index (χ0n) is 10.2. The van der Waals surface area contributed by atoms with Crippen LogP contribution in [0.4, 0.5) is 0 Å². The molecule has 0 bridgehead atoms. The van der Waals surface area contributed by atoms with Crippen LogP contribution in [0, 0.1) is 5.92 Å². The third kappa shape index (κ3) is 3.72. The molecule has 0 aromatic carbocycles. The Balaban J connectivity index is 1.54. The van der Waals surface area contributed by atoms with Crippen molar-refractivity contribution in [3.63, 3.8) is 0 Å². The summed E-state index contributed by atoms with van der Waals surface area (Å²) in [6, 6.07) is 0. The van der Waals surface area contributed by atoms with Crippen molar-refractivity contribution in [2.24, 2.45) is 5.92 Å². The van der Waals surface area contributed by atoms with Crippen molar-refractivity contribution >= 4 is 0 Å². The summed E-state index contributed by atoms with van der Waals surface area (Å²) in [5.74, 6) is 0.784. The Bertz CT molecular complexity index is 196. The highest BCUT2D eigenvalue weighted by atomic mass is 16.5. The second kappa shape index (κ2) is 5.99. The van der Waals surface area contributed by atoms with Crippen LogP contribution in [0.25, 0.3) is 0 Å². The minimum absolute atomic E-state index is 0.495. The van der Waals surface area contributed by atoms with E-state index in [2.05, 4.69) is 5.32 Å². The van der Waals surface area contributed by atoms with E-state index in [1.54, 1.807) is 0 Å². The fourth-order valence-corrected chi connectivity index (χ4v) is 2.86. The summed E-state index contributed by atoms with van der Waals surface area (Å²) >= 11 is 0. The first kappa shape index (κ1) is 12.3. The Morgan fingerprint density at radius 3 is 2.75 bits per heavy atom. The summed E-state index contributed by atoms with van der Waals surface area (Å²) in [5, 5.41) is 13.5. The highest BCUT2D eigenvalue weighted by Crippen LogP contribution is 2.29. The molecule has 2 aliphatic rings. The minimum Gasteiger partial charge on any atom is -0.387 e. The molecule has 1 heterocycles. The quantitative estimate of drug-likeness (QED) is 0.702. The van der Waals surface area contributed by atoms with Crippen LogP contribution in [0.15, 0.2) is 0 Å². The van der Waals surface area contributed by atoms with Crippen LogP contribution in [0.5, 0.6) is 0 Å². The molecule has 1 unspecified atom stereocenters. The lowest BCUT2D eigenvalue weighted by Gasteiger charge is -2.24. The van der Waals surface area contributed by atoms with Gasteiger partial charge in [0.2, 0.25) is 0 Å². The lowest BCUT2D eigenvalue weighted by atomic mass is 9.97. The molecule has 0 radical (unpaired) electrons. The van der Waals surface area contributed by atoms with Crippen LogP contribution in [0.3, 0.4) is 0 Å². The second-order valence-electron chi connectivity index (χ2n) is 5.49. The summed E-state index contributed by atoms with van der Waals surface area (Å²) < 4.78 is 5.65.